The van der Waals surface area contributed by atoms with Gasteiger partial charge >= 0.3 is 0 Å². The Hall–Kier alpha value is -2.65. The van der Waals surface area contributed by atoms with Gasteiger partial charge in [0, 0.05) is 11.6 Å². The number of halogens is 2. The number of hydrazone groups is 1. The highest BCUT2D eigenvalue weighted by Gasteiger charge is 2.21. The summed E-state index contributed by atoms with van der Waals surface area (Å²) in [4.78, 5) is 12.1. The van der Waals surface area contributed by atoms with Gasteiger partial charge in [0.25, 0.3) is 5.91 Å². The predicted octanol–water partition coefficient (Wildman–Crippen LogP) is 2.40. The number of carbonyl (C=O) groups is 1. The molecule has 0 saturated heterocycles. The van der Waals surface area contributed by atoms with Crippen LogP contribution in [0.4, 0.5) is 10.1 Å². The predicted molar refractivity (Wildman–Crippen MR) is 102 cm³/mol. The Balaban J connectivity index is 2.14. The van der Waals surface area contributed by atoms with Crippen LogP contribution in [-0.2, 0) is 14.8 Å². The Morgan fingerprint density at radius 2 is 2.04 bits per heavy atom. The Morgan fingerprint density at radius 1 is 1.33 bits per heavy atom. The van der Waals surface area contributed by atoms with Crippen LogP contribution in [0.2, 0.25) is 5.02 Å². The third-order valence-electron chi connectivity index (χ3n) is 3.41. The number of hydrogen-bond acceptors (Lipinski definition) is 5. The molecule has 0 unspecified atom stereocenters. The summed E-state index contributed by atoms with van der Waals surface area (Å²) in [5.41, 5.74) is 2.42. The van der Waals surface area contributed by atoms with Crippen molar-refractivity contribution in [3.8, 4) is 5.75 Å². The van der Waals surface area contributed by atoms with Crippen molar-refractivity contribution < 1.29 is 22.3 Å². The molecule has 144 valence electrons. The molecule has 0 radical (unpaired) electrons. The number of nitrogens with zero attached hydrogens (tertiary/aromatic N) is 2. The van der Waals surface area contributed by atoms with Gasteiger partial charge in [0.05, 0.1) is 30.3 Å². The number of ether oxygens (including phenoxy) is 1. The number of carbonyl (C=O) groups excluding carboxylic acids is 1. The van der Waals surface area contributed by atoms with Crippen LogP contribution < -0.4 is 14.5 Å². The van der Waals surface area contributed by atoms with Crippen LogP contribution >= 0.6 is 11.6 Å². The molecular weight excluding hydrogens is 397 g/mol. The van der Waals surface area contributed by atoms with E-state index in [0.29, 0.717) is 5.75 Å². The van der Waals surface area contributed by atoms with E-state index in [2.05, 4.69) is 10.5 Å². The number of amides is 1. The van der Waals surface area contributed by atoms with E-state index in [4.69, 9.17) is 16.3 Å². The maximum atomic E-state index is 13.6. The van der Waals surface area contributed by atoms with Gasteiger partial charge in [0.2, 0.25) is 10.0 Å². The van der Waals surface area contributed by atoms with Crippen molar-refractivity contribution in [3.05, 3.63) is 58.9 Å². The fraction of sp³-hybridized carbons (Fsp3) is 0.176. The number of methoxy groups -OCH3 is 1. The van der Waals surface area contributed by atoms with E-state index in [1.165, 1.54) is 37.4 Å². The Labute approximate surface area is 161 Å². The molecule has 0 aliphatic carbocycles. The van der Waals surface area contributed by atoms with Gasteiger partial charge in [-0.2, -0.15) is 5.10 Å². The third-order valence-corrected chi connectivity index (χ3v) is 4.88. The molecule has 7 nitrogen and oxygen atoms in total. The molecule has 0 aromatic heterocycles. The van der Waals surface area contributed by atoms with Crippen LogP contribution in [0.1, 0.15) is 5.56 Å². The Kier molecular flexibility index (Phi) is 6.75. The maximum absolute atomic E-state index is 13.6. The molecule has 1 N–H and O–H groups in total. The van der Waals surface area contributed by atoms with Crippen molar-refractivity contribution in [3.63, 3.8) is 0 Å². The second kappa shape index (κ2) is 8.83. The van der Waals surface area contributed by atoms with E-state index in [1.807, 2.05) is 0 Å². The number of anilines is 1. The van der Waals surface area contributed by atoms with Gasteiger partial charge < -0.3 is 4.74 Å². The molecule has 0 aliphatic heterocycles. The zero-order valence-corrected chi connectivity index (χ0v) is 16.1. The molecular formula is C17H17ClFN3O4S. The standard InChI is InChI=1S/C17H17ClFN3O4S/c1-26-13-6-3-5-12(9-13)22(27(2,24)25)11-17(23)21-20-10-14-15(18)7-4-8-16(14)19/h3-10H,11H2,1-2H3,(H,21,23)/b20-10-. The maximum Gasteiger partial charge on any atom is 0.260 e. The van der Waals surface area contributed by atoms with E-state index < -0.39 is 28.3 Å². The first-order valence-corrected chi connectivity index (χ1v) is 9.82. The molecule has 2 aromatic rings. The molecule has 27 heavy (non-hydrogen) atoms. The topological polar surface area (TPSA) is 88.1 Å². The number of nitrogens with one attached hydrogen (secondary N) is 1. The van der Waals surface area contributed by atoms with Crippen LogP contribution in [-0.4, -0.2) is 40.4 Å². The molecule has 1 amide bonds. The molecule has 2 aromatic carbocycles. The lowest BCUT2D eigenvalue weighted by molar-refractivity contribution is -0.119. The summed E-state index contributed by atoms with van der Waals surface area (Å²) >= 11 is 5.85. The Morgan fingerprint density at radius 3 is 2.67 bits per heavy atom. The van der Waals surface area contributed by atoms with Crippen molar-refractivity contribution in [2.75, 3.05) is 24.2 Å². The Bertz CT molecular complexity index is 946. The largest absolute Gasteiger partial charge is 0.497 e. The zero-order chi connectivity index (χ0) is 20.0. The van der Waals surface area contributed by atoms with Gasteiger partial charge in [-0.05, 0) is 24.3 Å². The first kappa shape index (κ1) is 20.7. The molecule has 0 fully saturated rings. The third kappa shape index (κ3) is 5.66. The first-order valence-electron chi connectivity index (χ1n) is 7.60. The number of rotatable bonds is 7. The molecule has 0 aliphatic rings. The van der Waals surface area contributed by atoms with E-state index in [0.717, 1.165) is 16.8 Å². The minimum absolute atomic E-state index is 0.00670. The van der Waals surface area contributed by atoms with Gasteiger partial charge in [0.15, 0.2) is 0 Å². The molecule has 0 atom stereocenters. The number of benzene rings is 2. The van der Waals surface area contributed by atoms with E-state index in [1.54, 1.807) is 12.1 Å². The van der Waals surface area contributed by atoms with Gasteiger partial charge in [-0.25, -0.2) is 18.2 Å². The first-order chi connectivity index (χ1) is 12.7. The van der Waals surface area contributed by atoms with Crippen LogP contribution in [0, 0.1) is 5.82 Å². The lowest BCUT2D eigenvalue weighted by Crippen LogP contribution is -2.39. The normalized spacial score (nSPS) is 11.4. The van der Waals surface area contributed by atoms with Crippen LogP contribution in [0.5, 0.6) is 5.75 Å². The molecule has 2 rings (SSSR count). The zero-order valence-electron chi connectivity index (χ0n) is 14.5. The van der Waals surface area contributed by atoms with E-state index >= 15 is 0 Å². The molecule has 0 spiro atoms. The van der Waals surface area contributed by atoms with Crippen LogP contribution in [0.3, 0.4) is 0 Å². The van der Waals surface area contributed by atoms with Crippen LogP contribution in [0.15, 0.2) is 47.6 Å². The summed E-state index contributed by atoms with van der Waals surface area (Å²) < 4.78 is 43.7. The van der Waals surface area contributed by atoms with Crippen molar-refractivity contribution in [2.24, 2.45) is 5.10 Å². The minimum atomic E-state index is -3.74. The van der Waals surface area contributed by atoms with Crippen LogP contribution in [0.25, 0.3) is 0 Å². The van der Waals surface area contributed by atoms with Gasteiger partial charge in [0.1, 0.15) is 18.1 Å². The average molecular weight is 414 g/mol. The van der Waals surface area contributed by atoms with E-state index in [-0.39, 0.29) is 16.3 Å². The summed E-state index contributed by atoms with van der Waals surface area (Å²) in [6.45, 7) is -0.519. The highest BCUT2D eigenvalue weighted by molar-refractivity contribution is 7.92. The SMILES string of the molecule is COc1cccc(N(CC(=O)N/N=C\c2c(F)cccc2Cl)S(C)(=O)=O)c1. The van der Waals surface area contributed by atoms with Crippen molar-refractivity contribution >= 4 is 39.4 Å². The summed E-state index contributed by atoms with van der Waals surface area (Å²) in [5, 5.41) is 3.76. The molecule has 0 saturated carbocycles. The van der Waals surface area contributed by atoms with Crippen molar-refractivity contribution in [1.82, 2.24) is 5.43 Å². The second-order valence-corrected chi connectivity index (χ2v) is 7.71. The minimum Gasteiger partial charge on any atom is -0.497 e. The molecule has 0 heterocycles. The monoisotopic (exact) mass is 413 g/mol. The second-order valence-electron chi connectivity index (χ2n) is 5.40. The summed E-state index contributed by atoms with van der Waals surface area (Å²) in [7, 11) is -2.30. The van der Waals surface area contributed by atoms with E-state index in [9.17, 15) is 17.6 Å². The van der Waals surface area contributed by atoms with Crippen molar-refractivity contribution in [1.29, 1.82) is 0 Å². The van der Waals surface area contributed by atoms with Gasteiger partial charge in [-0.15, -0.1) is 0 Å². The highest BCUT2D eigenvalue weighted by Crippen LogP contribution is 2.22. The highest BCUT2D eigenvalue weighted by atomic mass is 35.5. The lowest BCUT2D eigenvalue weighted by Gasteiger charge is -2.21. The summed E-state index contributed by atoms with van der Waals surface area (Å²) in [5.74, 6) is -0.879. The fourth-order valence-electron chi connectivity index (χ4n) is 2.13. The quantitative estimate of drug-likeness (QED) is 0.557. The van der Waals surface area contributed by atoms with Crippen molar-refractivity contribution in [2.45, 2.75) is 0 Å². The average Bonchev–Trinajstić information content (AvgIpc) is 2.61. The number of hydrogen-bond donors (Lipinski definition) is 1. The smallest absolute Gasteiger partial charge is 0.260 e. The van der Waals surface area contributed by atoms with Gasteiger partial charge in [-0.3, -0.25) is 9.10 Å². The lowest BCUT2D eigenvalue weighted by atomic mass is 10.2. The summed E-state index contributed by atoms with van der Waals surface area (Å²) in [6, 6.07) is 10.4. The fourth-order valence-corrected chi connectivity index (χ4v) is 3.19. The number of sulfonamides is 1. The summed E-state index contributed by atoms with van der Waals surface area (Å²) in [6.07, 6.45) is 2.02. The molecule has 10 heteroatoms. The van der Waals surface area contributed by atoms with Gasteiger partial charge in [-0.1, -0.05) is 23.7 Å². The molecule has 0 bridgehead atoms.